The molecule has 10 aromatic carbocycles. The van der Waals surface area contributed by atoms with Crippen molar-refractivity contribution < 1.29 is 9.90 Å². The van der Waals surface area contributed by atoms with E-state index in [2.05, 4.69) is 78.9 Å². The highest BCUT2D eigenvalue weighted by atomic mass is 16.3. The molecule has 0 spiro atoms. The quantitative estimate of drug-likeness (QED) is 0.167. The van der Waals surface area contributed by atoms with Crippen molar-refractivity contribution in [2.24, 2.45) is 0 Å². The van der Waals surface area contributed by atoms with Gasteiger partial charge < -0.3 is 9.32 Å². The molecular formula is C52H33NO. The molecule has 11 aromatic rings. The fourth-order valence-electron chi connectivity index (χ4n) is 8.12. The number of furan rings is 1. The zero-order chi connectivity index (χ0) is 39.1. The SMILES string of the molecule is [2H]c1c([2H])c(N(c2cccc(-c3ccc4ccccc4c3)c2)c2cccc3oc4c5ccccc5ccc4c23)c([2H])c([2H])c1-c1cc2ccccc2c2ccccc12. The van der Waals surface area contributed by atoms with E-state index in [1.165, 1.54) is 0 Å². The molecule has 0 fully saturated rings. The van der Waals surface area contributed by atoms with Crippen molar-refractivity contribution in [3.8, 4) is 22.3 Å². The molecule has 2 nitrogen and oxygen atoms in total. The third kappa shape index (κ3) is 4.88. The molecule has 0 amide bonds. The fraction of sp³-hybridized carbons (Fsp3) is 0. The van der Waals surface area contributed by atoms with E-state index in [4.69, 9.17) is 4.42 Å². The normalized spacial score (nSPS) is 12.7. The van der Waals surface area contributed by atoms with E-state index >= 15 is 0 Å². The smallest absolute Gasteiger partial charge is 0.143 e. The van der Waals surface area contributed by atoms with Gasteiger partial charge in [-0.05, 0) is 115 Å². The van der Waals surface area contributed by atoms with Crippen molar-refractivity contribution in [2.75, 3.05) is 4.90 Å². The summed E-state index contributed by atoms with van der Waals surface area (Å²) in [5.41, 5.74) is 5.86. The summed E-state index contributed by atoms with van der Waals surface area (Å²) in [7, 11) is 0. The lowest BCUT2D eigenvalue weighted by Crippen LogP contribution is -2.10. The van der Waals surface area contributed by atoms with E-state index < -0.39 is 0 Å². The Bertz CT molecular complexity index is 3450. The average molecular weight is 692 g/mol. The van der Waals surface area contributed by atoms with Gasteiger partial charge in [-0.25, -0.2) is 0 Å². The molecule has 0 saturated carbocycles. The number of fused-ring (bicyclic) bond motifs is 9. The van der Waals surface area contributed by atoms with Gasteiger partial charge in [0.05, 0.1) is 16.6 Å². The Balaban J connectivity index is 1.20. The Morgan fingerprint density at radius 3 is 1.91 bits per heavy atom. The number of hydrogen-bond acceptors (Lipinski definition) is 2. The molecule has 0 aliphatic rings. The van der Waals surface area contributed by atoms with Crippen molar-refractivity contribution in [2.45, 2.75) is 0 Å². The number of benzene rings is 10. The summed E-state index contributed by atoms with van der Waals surface area (Å²) in [6.45, 7) is 0. The van der Waals surface area contributed by atoms with Gasteiger partial charge in [-0.1, -0.05) is 146 Å². The van der Waals surface area contributed by atoms with Crippen LogP contribution in [0.25, 0.3) is 87.3 Å². The minimum atomic E-state index is -0.139. The predicted octanol–water partition coefficient (Wildman–Crippen LogP) is 15.0. The lowest BCUT2D eigenvalue weighted by molar-refractivity contribution is 0.672. The molecule has 0 atom stereocenters. The topological polar surface area (TPSA) is 16.4 Å². The molecule has 0 bridgehead atoms. The van der Waals surface area contributed by atoms with Gasteiger partial charge in [-0.2, -0.15) is 0 Å². The molecule has 0 saturated heterocycles. The van der Waals surface area contributed by atoms with Crippen LogP contribution in [0, 0.1) is 0 Å². The highest BCUT2D eigenvalue weighted by Crippen LogP contribution is 2.45. The molecule has 54 heavy (non-hydrogen) atoms. The Morgan fingerprint density at radius 2 is 1.06 bits per heavy atom. The third-order valence-corrected chi connectivity index (χ3v) is 10.7. The number of anilines is 3. The van der Waals surface area contributed by atoms with Crippen LogP contribution in [0.2, 0.25) is 0 Å². The maximum Gasteiger partial charge on any atom is 0.143 e. The second-order valence-corrected chi connectivity index (χ2v) is 13.8. The van der Waals surface area contributed by atoms with E-state index in [0.717, 1.165) is 70.6 Å². The molecule has 1 aromatic heterocycles. The third-order valence-electron chi connectivity index (χ3n) is 10.7. The van der Waals surface area contributed by atoms with Gasteiger partial charge in [0, 0.05) is 22.1 Å². The van der Waals surface area contributed by atoms with Crippen LogP contribution in [0.4, 0.5) is 17.1 Å². The molecular weight excluding hydrogens is 655 g/mol. The van der Waals surface area contributed by atoms with Crippen molar-refractivity contribution in [1.82, 2.24) is 0 Å². The van der Waals surface area contributed by atoms with Gasteiger partial charge in [-0.15, -0.1) is 0 Å². The van der Waals surface area contributed by atoms with Gasteiger partial charge >= 0.3 is 0 Å². The zero-order valence-electron chi connectivity index (χ0n) is 33.1. The molecule has 0 aliphatic heterocycles. The summed E-state index contributed by atoms with van der Waals surface area (Å²) in [6.07, 6.45) is 0. The van der Waals surface area contributed by atoms with Gasteiger partial charge in [-0.3, -0.25) is 0 Å². The van der Waals surface area contributed by atoms with Crippen LogP contribution >= 0.6 is 0 Å². The monoisotopic (exact) mass is 691 g/mol. The predicted molar refractivity (Wildman–Crippen MR) is 229 cm³/mol. The second-order valence-electron chi connectivity index (χ2n) is 13.8. The maximum absolute atomic E-state index is 9.82. The molecule has 1 heterocycles. The first-order valence-corrected chi connectivity index (χ1v) is 18.2. The van der Waals surface area contributed by atoms with Crippen LogP contribution < -0.4 is 4.90 Å². The Kier molecular flexibility index (Phi) is 6.02. The highest BCUT2D eigenvalue weighted by molar-refractivity contribution is 6.20. The van der Waals surface area contributed by atoms with Crippen LogP contribution in [0.3, 0.4) is 0 Å². The summed E-state index contributed by atoms with van der Waals surface area (Å²) in [4.78, 5) is 1.89. The molecule has 0 N–H and O–H groups in total. The van der Waals surface area contributed by atoms with Crippen LogP contribution in [0.15, 0.2) is 205 Å². The second kappa shape index (κ2) is 12.2. The minimum absolute atomic E-state index is 0.109. The summed E-state index contributed by atoms with van der Waals surface area (Å²) < 4.78 is 45.6. The number of hydrogen-bond donors (Lipinski definition) is 0. The van der Waals surface area contributed by atoms with E-state index in [1.54, 1.807) is 0 Å². The van der Waals surface area contributed by atoms with Crippen molar-refractivity contribution in [3.63, 3.8) is 0 Å². The number of rotatable bonds is 5. The lowest BCUT2D eigenvalue weighted by Gasteiger charge is -2.27. The molecule has 2 heteroatoms. The average Bonchev–Trinajstić information content (AvgIpc) is 3.67. The molecule has 0 aliphatic carbocycles. The van der Waals surface area contributed by atoms with E-state index in [9.17, 15) is 5.48 Å². The first-order chi connectivity index (χ1) is 28.4. The zero-order valence-corrected chi connectivity index (χ0v) is 29.1. The standard InChI is InChI=1S/C52H33NO/c1-2-13-37-31-39(24-23-34(37)11-1)38-15-9-16-42(32-38)53(49-21-10-22-50-51(49)47-30-27-35-12-3-6-18-44(35)52(47)54-50)41-28-25-36(26-29-41)48-33-40-14-4-5-17-43(40)45-19-7-8-20-46(45)48/h1-33H/i25D,26D,28D,29D. The maximum atomic E-state index is 9.82. The molecule has 0 radical (unpaired) electrons. The fourth-order valence-corrected chi connectivity index (χ4v) is 8.12. The lowest BCUT2D eigenvalue weighted by atomic mass is 9.93. The van der Waals surface area contributed by atoms with Crippen molar-refractivity contribution in [3.05, 3.63) is 200 Å². The highest BCUT2D eigenvalue weighted by Gasteiger charge is 2.21. The minimum Gasteiger partial charge on any atom is -0.455 e. The van der Waals surface area contributed by atoms with Gasteiger partial charge in [0.15, 0.2) is 0 Å². The van der Waals surface area contributed by atoms with Crippen molar-refractivity contribution in [1.29, 1.82) is 0 Å². The van der Waals surface area contributed by atoms with Gasteiger partial charge in [0.2, 0.25) is 0 Å². The summed E-state index contributed by atoms with van der Waals surface area (Å²) in [5, 5.41) is 9.95. The van der Waals surface area contributed by atoms with Crippen LogP contribution in [-0.2, 0) is 0 Å². The molecule has 252 valence electrons. The Labute approximate surface area is 318 Å². The largest absolute Gasteiger partial charge is 0.455 e. The van der Waals surface area contributed by atoms with E-state index in [-0.39, 0.29) is 35.4 Å². The molecule has 11 rings (SSSR count). The van der Waals surface area contributed by atoms with Crippen LogP contribution in [0.1, 0.15) is 5.48 Å². The summed E-state index contributed by atoms with van der Waals surface area (Å²) >= 11 is 0. The number of nitrogens with zero attached hydrogens (tertiary/aromatic N) is 1. The Morgan fingerprint density at radius 1 is 0.389 bits per heavy atom. The summed E-state index contributed by atoms with van der Waals surface area (Å²) in [6, 6.07) is 58.5. The summed E-state index contributed by atoms with van der Waals surface area (Å²) in [5.74, 6) is 0. The first kappa shape index (κ1) is 26.6. The molecule has 0 unspecified atom stereocenters. The Hall–Kier alpha value is -7.16. The first-order valence-electron chi connectivity index (χ1n) is 20.2. The van der Waals surface area contributed by atoms with Gasteiger partial charge in [0.1, 0.15) is 11.2 Å². The van der Waals surface area contributed by atoms with Crippen LogP contribution in [0.5, 0.6) is 0 Å². The van der Waals surface area contributed by atoms with Crippen molar-refractivity contribution >= 4 is 82.1 Å². The van der Waals surface area contributed by atoms with E-state index in [0.29, 0.717) is 22.5 Å². The van der Waals surface area contributed by atoms with Gasteiger partial charge in [0.25, 0.3) is 0 Å². The van der Waals surface area contributed by atoms with Crippen LogP contribution in [-0.4, -0.2) is 0 Å². The van der Waals surface area contributed by atoms with E-state index in [1.807, 2.05) is 102 Å².